The Morgan fingerprint density at radius 1 is 0.900 bits per heavy atom. The lowest BCUT2D eigenvalue weighted by Gasteiger charge is -2.34. The highest BCUT2D eigenvalue weighted by molar-refractivity contribution is 7.92. The Labute approximate surface area is 251 Å². The Morgan fingerprint density at radius 2 is 1.57 bits per heavy atom. The van der Waals surface area contributed by atoms with Crippen LogP contribution in [0.15, 0.2) is 66.7 Å². The zero-order valence-electron chi connectivity index (χ0n) is 22.7. The van der Waals surface area contributed by atoms with E-state index in [1.54, 1.807) is 43.3 Å². The lowest BCUT2D eigenvalue weighted by Crippen LogP contribution is -2.54. The van der Waals surface area contributed by atoms with Crippen molar-refractivity contribution in [2.75, 3.05) is 17.1 Å². The fourth-order valence-corrected chi connectivity index (χ4v) is 5.72. The van der Waals surface area contributed by atoms with Crippen molar-refractivity contribution in [3.05, 3.63) is 98.5 Å². The fourth-order valence-electron chi connectivity index (χ4n) is 4.26. The van der Waals surface area contributed by atoms with Gasteiger partial charge in [0.2, 0.25) is 21.8 Å². The van der Waals surface area contributed by atoms with Crippen molar-refractivity contribution in [2.24, 2.45) is 0 Å². The van der Waals surface area contributed by atoms with Crippen LogP contribution in [0.4, 0.5) is 5.69 Å². The third-order valence-electron chi connectivity index (χ3n) is 6.15. The number of hydrogen-bond acceptors (Lipinski definition) is 4. The van der Waals surface area contributed by atoms with E-state index in [1.165, 1.54) is 4.90 Å². The summed E-state index contributed by atoms with van der Waals surface area (Å²) in [4.78, 5) is 29.0. The molecule has 7 nitrogen and oxygen atoms in total. The topological polar surface area (TPSA) is 86.8 Å². The number of nitrogens with zero attached hydrogens (tertiary/aromatic N) is 2. The van der Waals surface area contributed by atoms with E-state index >= 15 is 0 Å². The molecule has 1 N–H and O–H groups in total. The minimum Gasteiger partial charge on any atom is -0.352 e. The molecule has 0 radical (unpaired) electrons. The number of sulfonamides is 1. The van der Waals surface area contributed by atoms with Crippen LogP contribution in [-0.2, 0) is 32.6 Å². The number of rotatable bonds is 11. The molecule has 11 heteroatoms. The summed E-state index contributed by atoms with van der Waals surface area (Å²) in [7, 11) is -3.89. The molecule has 40 heavy (non-hydrogen) atoms. The third kappa shape index (κ3) is 8.61. The molecule has 0 aliphatic carbocycles. The van der Waals surface area contributed by atoms with E-state index in [2.05, 4.69) is 5.32 Å². The number of hydrogen-bond donors (Lipinski definition) is 1. The molecule has 2 amide bonds. The van der Waals surface area contributed by atoms with Crippen molar-refractivity contribution in [2.45, 2.75) is 45.8 Å². The molecule has 1 atom stereocenters. The zero-order chi connectivity index (χ0) is 29.6. The van der Waals surface area contributed by atoms with Gasteiger partial charge in [-0.25, -0.2) is 8.42 Å². The van der Waals surface area contributed by atoms with Gasteiger partial charge >= 0.3 is 0 Å². The molecule has 0 saturated carbocycles. The van der Waals surface area contributed by atoms with Crippen LogP contribution in [0.2, 0.25) is 15.1 Å². The van der Waals surface area contributed by atoms with E-state index in [1.807, 2.05) is 44.2 Å². The molecule has 3 aromatic carbocycles. The van der Waals surface area contributed by atoms with Crippen LogP contribution in [0.1, 0.15) is 30.5 Å². The first-order valence-corrected chi connectivity index (χ1v) is 15.6. The fraction of sp³-hybridized carbons (Fsp3) is 0.310. The monoisotopic (exact) mass is 623 g/mol. The summed E-state index contributed by atoms with van der Waals surface area (Å²) in [6.07, 6.45) is 1.25. The highest BCUT2D eigenvalue weighted by Crippen LogP contribution is 2.27. The predicted molar refractivity (Wildman–Crippen MR) is 163 cm³/mol. The maximum Gasteiger partial charge on any atom is 0.244 e. The van der Waals surface area contributed by atoms with Crippen LogP contribution in [0.5, 0.6) is 0 Å². The molecule has 3 rings (SSSR count). The second kappa shape index (κ2) is 13.7. The lowest BCUT2D eigenvalue weighted by atomic mass is 10.0. The van der Waals surface area contributed by atoms with E-state index < -0.39 is 28.5 Å². The summed E-state index contributed by atoms with van der Waals surface area (Å²) in [5, 5.41) is 4.00. The van der Waals surface area contributed by atoms with Gasteiger partial charge in [-0.15, -0.1) is 0 Å². The van der Waals surface area contributed by atoms with Gasteiger partial charge in [-0.1, -0.05) is 71.2 Å². The molecule has 214 valence electrons. The molecule has 0 aromatic heterocycles. The highest BCUT2D eigenvalue weighted by Gasteiger charge is 2.33. The molecule has 0 heterocycles. The van der Waals surface area contributed by atoms with Gasteiger partial charge in [0.1, 0.15) is 12.6 Å². The van der Waals surface area contributed by atoms with Crippen LogP contribution in [0, 0.1) is 6.92 Å². The molecule has 1 unspecified atom stereocenters. The normalized spacial score (nSPS) is 12.2. The number of carbonyl (C=O) groups excluding carboxylic acids is 2. The first-order valence-electron chi connectivity index (χ1n) is 12.6. The smallest absolute Gasteiger partial charge is 0.244 e. The first-order chi connectivity index (χ1) is 18.8. The van der Waals surface area contributed by atoms with Crippen LogP contribution >= 0.6 is 34.8 Å². The summed E-state index contributed by atoms with van der Waals surface area (Å²) in [6, 6.07) is 17.9. The molecule has 0 spiro atoms. The molecule has 0 aliphatic rings. The number of anilines is 1. The molecule has 3 aromatic rings. The van der Waals surface area contributed by atoms with Crippen LogP contribution in [0.3, 0.4) is 0 Å². The number of aryl methyl sites for hydroxylation is 1. The number of carbonyl (C=O) groups is 2. The minimum atomic E-state index is -3.89. The zero-order valence-corrected chi connectivity index (χ0v) is 25.8. The van der Waals surface area contributed by atoms with Gasteiger partial charge in [0.15, 0.2) is 0 Å². The quantitative estimate of drug-likeness (QED) is 0.289. The van der Waals surface area contributed by atoms with E-state index in [0.29, 0.717) is 31.9 Å². The van der Waals surface area contributed by atoms with Crippen LogP contribution in [-0.4, -0.2) is 50.0 Å². The van der Waals surface area contributed by atoms with Crippen molar-refractivity contribution in [3.8, 4) is 0 Å². The van der Waals surface area contributed by atoms with Crippen molar-refractivity contribution in [3.63, 3.8) is 0 Å². The van der Waals surface area contributed by atoms with Gasteiger partial charge in [-0.2, -0.15) is 0 Å². The number of nitrogens with one attached hydrogen (secondary N) is 1. The number of halogens is 3. The Bertz CT molecular complexity index is 1470. The van der Waals surface area contributed by atoms with E-state index in [-0.39, 0.29) is 24.9 Å². The Kier molecular flexibility index (Phi) is 10.9. The summed E-state index contributed by atoms with van der Waals surface area (Å²) in [5.41, 5.74) is 2.37. The third-order valence-corrected chi connectivity index (χ3v) is 8.25. The minimum absolute atomic E-state index is 0.00403. The summed E-state index contributed by atoms with van der Waals surface area (Å²) < 4.78 is 26.9. The predicted octanol–water partition coefficient (Wildman–Crippen LogP) is 5.89. The SMILES string of the molecule is Cc1cc(Cl)ccc1N(CC(=O)N(Cc1ccc(Cl)c(Cl)c1)C(Cc1ccccc1)C(=O)NC(C)C)S(C)(=O)=O. The first kappa shape index (κ1) is 31.7. The van der Waals surface area contributed by atoms with Gasteiger partial charge in [0, 0.05) is 24.0 Å². The van der Waals surface area contributed by atoms with Gasteiger partial charge in [-0.3, -0.25) is 13.9 Å². The van der Waals surface area contributed by atoms with Crippen molar-refractivity contribution < 1.29 is 18.0 Å². The van der Waals surface area contributed by atoms with Crippen LogP contribution < -0.4 is 9.62 Å². The van der Waals surface area contributed by atoms with Gasteiger partial charge in [0.25, 0.3) is 0 Å². The summed E-state index contributed by atoms with van der Waals surface area (Å²) in [6.45, 7) is 4.85. The highest BCUT2D eigenvalue weighted by atomic mass is 35.5. The van der Waals surface area contributed by atoms with Gasteiger partial charge in [0.05, 0.1) is 22.0 Å². The average molecular weight is 625 g/mol. The summed E-state index contributed by atoms with van der Waals surface area (Å²) >= 11 is 18.5. The lowest BCUT2D eigenvalue weighted by molar-refractivity contribution is -0.140. The number of amides is 2. The second-order valence-corrected chi connectivity index (χ2v) is 13.0. The van der Waals surface area contributed by atoms with E-state index in [4.69, 9.17) is 34.8 Å². The van der Waals surface area contributed by atoms with Crippen molar-refractivity contribution in [1.82, 2.24) is 10.2 Å². The van der Waals surface area contributed by atoms with Crippen LogP contribution in [0.25, 0.3) is 0 Å². The maximum absolute atomic E-state index is 14.1. The molecular weight excluding hydrogens is 593 g/mol. The van der Waals surface area contributed by atoms with Gasteiger partial charge < -0.3 is 10.2 Å². The van der Waals surface area contributed by atoms with Crippen molar-refractivity contribution in [1.29, 1.82) is 0 Å². The Balaban J connectivity index is 2.09. The molecule has 0 fully saturated rings. The van der Waals surface area contributed by atoms with E-state index in [0.717, 1.165) is 16.1 Å². The maximum atomic E-state index is 14.1. The molecular formula is C29H32Cl3N3O4S. The molecule has 0 aliphatic heterocycles. The van der Waals surface area contributed by atoms with E-state index in [9.17, 15) is 18.0 Å². The van der Waals surface area contributed by atoms with Crippen molar-refractivity contribution >= 4 is 62.3 Å². The standard InChI is InChI=1S/C29H32Cl3N3O4S/c1-19(2)33-29(37)27(16-21-8-6-5-7-9-21)34(17-22-10-12-24(31)25(32)15-22)28(36)18-35(40(4,38)39)26-13-11-23(30)14-20(26)3/h5-15,19,27H,16-18H2,1-4H3,(H,33,37). The molecule has 0 saturated heterocycles. The second-order valence-electron chi connectivity index (χ2n) is 9.84. The Hall–Kier alpha value is -2.78. The number of benzene rings is 3. The average Bonchev–Trinajstić information content (AvgIpc) is 2.86. The Morgan fingerprint density at radius 3 is 2.15 bits per heavy atom. The summed E-state index contributed by atoms with van der Waals surface area (Å²) in [5.74, 6) is -0.925. The molecule has 0 bridgehead atoms. The van der Waals surface area contributed by atoms with Gasteiger partial charge in [-0.05, 0) is 67.8 Å². The largest absolute Gasteiger partial charge is 0.352 e.